The Hall–Kier alpha value is -0.770. The molecule has 0 radical (unpaired) electrons. The van der Waals surface area contributed by atoms with Crippen molar-refractivity contribution in [3.63, 3.8) is 0 Å². The van der Waals surface area contributed by atoms with Crippen LogP contribution < -0.4 is 10.6 Å². The van der Waals surface area contributed by atoms with E-state index >= 15 is 0 Å². The van der Waals surface area contributed by atoms with Gasteiger partial charge in [0.2, 0.25) is 0 Å². The van der Waals surface area contributed by atoms with Crippen LogP contribution in [0.4, 0.5) is 0 Å². The lowest BCUT2D eigenvalue weighted by Gasteiger charge is -2.47. The monoisotopic (exact) mass is 294 g/mol. The molecule has 2 saturated heterocycles. The SMILES string of the molecule is CCC(CC)CNC(=NC)NC1CC2CCCC(C1)N2C. The molecule has 4 nitrogen and oxygen atoms in total. The van der Waals surface area contributed by atoms with E-state index in [1.165, 1.54) is 44.9 Å². The van der Waals surface area contributed by atoms with Crippen molar-refractivity contribution in [2.75, 3.05) is 20.6 Å². The van der Waals surface area contributed by atoms with Crippen molar-refractivity contribution in [2.24, 2.45) is 10.9 Å². The van der Waals surface area contributed by atoms with Gasteiger partial charge >= 0.3 is 0 Å². The highest BCUT2D eigenvalue weighted by Gasteiger charge is 2.36. The first kappa shape index (κ1) is 16.6. The van der Waals surface area contributed by atoms with Gasteiger partial charge in [-0.15, -0.1) is 0 Å². The Bertz CT molecular complexity index is 324. The molecule has 2 atom stereocenters. The zero-order chi connectivity index (χ0) is 15.2. The zero-order valence-electron chi connectivity index (χ0n) is 14.4. The van der Waals surface area contributed by atoms with Crippen LogP contribution in [-0.2, 0) is 0 Å². The molecular formula is C17H34N4. The lowest BCUT2D eigenvalue weighted by atomic mass is 9.82. The Morgan fingerprint density at radius 3 is 2.33 bits per heavy atom. The standard InChI is InChI=1S/C17H34N4/c1-5-13(6-2)12-19-17(18-3)20-14-10-15-8-7-9-16(11-14)21(15)4/h13-16H,5-12H2,1-4H3,(H2,18,19,20). The number of hydrogen-bond donors (Lipinski definition) is 2. The molecule has 0 spiro atoms. The van der Waals surface area contributed by atoms with Crippen molar-refractivity contribution in [1.82, 2.24) is 15.5 Å². The molecule has 2 bridgehead atoms. The molecule has 2 rings (SSSR count). The van der Waals surface area contributed by atoms with Crippen molar-refractivity contribution >= 4 is 5.96 Å². The van der Waals surface area contributed by atoms with Gasteiger partial charge in [0.1, 0.15) is 0 Å². The molecular weight excluding hydrogens is 260 g/mol. The maximum atomic E-state index is 4.42. The molecule has 4 heteroatoms. The highest BCUT2D eigenvalue weighted by molar-refractivity contribution is 5.80. The van der Waals surface area contributed by atoms with E-state index in [0.29, 0.717) is 6.04 Å². The minimum absolute atomic E-state index is 0.587. The number of aliphatic imine (C=N–C) groups is 1. The highest BCUT2D eigenvalue weighted by atomic mass is 15.2. The minimum atomic E-state index is 0.587. The first-order chi connectivity index (χ1) is 10.2. The fourth-order valence-corrected chi connectivity index (χ4v) is 3.94. The quantitative estimate of drug-likeness (QED) is 0.605. The first-order valence-electron chi connectivity index (χ1n) is 8.87. The number of rotatable bonds is 5. The van der Waals surface area contributed by atoms with Gasteiger partial charge < -0.3 is 15.5 Å². The first-order valence-corrected chi connectivity index (χ1v) is 8.87. The van der Waals surface area contributed by atoms with Gasteiger partial charge in [0.05, 0.1) is 0 Å². The molecule has 2 N–H and O–H groups in total. The average molecular weight is 294 g/mol. The lowest BCUT2D eigenvalue weighted by molar-refractivity contribution is 0.0526. The maximum Gasteiger partial charge on any atom is 0.191 e. The van der Waals surface area contributed by atoms with Gasteiger partial charge in [-0.25, -0.2) is 0 Å². The van der Waals surface area contributed by atoms with E-state index < -0.39 is 0 Å². The van der Waals surface area contributed by atoms with E-state index in [4.69, 9.17) is 0 Å². The number of nitrogens with zero attached hydrogens (tertiary/aromatic N) is 2. The molecule has 2 aliphatic heterocycles. The smallest absolute Gasteiger partial charge is 0.191 e. The third-order valence-corrected chi connectivity index (χ3v) is 5.62. The van der Waals surface area contributed by atoms with Gasteiger partial charge in [-0.05, 0) is 38.6 Å². The average Bonchev–Trinajstić information content (AvgIpc) is 2.47. The summed E-state index contributed by atoms with van der Waals surface area (Å²) in [6.45, 7) is 5.57. The number of piperidine rings is 2. The summed E-state index contributed by atoms with van der Waals surface area (Å²) < 4.78 is 0. The van der Waals surface area contributed by atoms with E-state index in [9.17, 15) is 0 Å². The normalized spacial score (nSPS) is 30.5. The summed E-state index contributed by atoms with van der Waals surface area (Å²) in [4.78, 5) is 7.03. The molecule has 122 valence electrons. The summed E-state index contributed by atoms with van der Waals surface area (Å²) in [6, 6.07) is 2.13. The molecule has 2 aliphatic rings. The third kappa shape index (κ3) is 4.35. The van der Waals surface area contributed by atoms with Gasteiger partial charge in [-0.1, -0.05) is 33.1 Å². The van der Waals surface area contributed by atoms with Crippen molar-refractivity contribution in [2.45, 2.75) is 76.9 Å². The molecule has 0 aromatic rings. The number of nitrogens with one attached hydrogen (secondary N) is 2. The van der Waals surface area contributed by atoms with Gasteiger partial charge in [0, 0.05) is 31.7 Å². The lowest BCUT2D eigenvalue weighted by Crippen LogP contribution is -2.56. The molecule has 2 heterocycles. The van der Waals surface area contributed by atoms with Crippen LogP contribution in [0, 0.1) is 5.92 Å². The van der Waals surface area contributed by atoms with Gasteiger partial charge in [0.25, 0.3) is 0 Å². The third-order valence-electron chi connectivity index (χ3n) is 5.62. The van der Waals surface area contributed by atoms with E-state index in [2.05, 4.69) is 41.4 Å². The Balaban J connectivity index is 1.82. The van der Waals surface area contributed by atoms with Gasteiger partial charge in [0.15, 0.2) is 5.96 Å². The second-order valence-electron chi connectivity index (χ2n) is 6.85. The van der Waals surface area contributed by atoms with Crippen molar-refractivity contribution in [3.05, 3.63) is 0 Å². The highest BCUT2D eigenvalue weighted by Crippen LogP contribution is 2.32. The summed E-state index contributed by atoms with van der Waals surface area (Å²) >= 11 is 0. The van der Waals surface area contributed by atoms with Gasteiger partial charge in [-0.2, -0.15) is 0 Å². The van der Waals surface area contributed by atoms with Gasteiger partial charge in [-0.3, -0.25) is 4.99 Å². The van der Waals surface area contributed by atoms with Crippen LogP contribution in [0.5, 0.6) is 0 Å². The Morgan fingerprint density at radius 1 is 1.19 bits per heavy atom. The predicted molar refractivity (Wildman–Crippen MR) is 90.8 cm³/mol. The molecule has 21 heavy (non-hydrogen) atoms. The van der Waals surface area contributed by atoms with E-state index in [1.807, 2.05) is 7.05 Å². The molecule has 0 aliphatic carbocycles. The summed E-state index contributed by atoms with van der Waals surface area (Å²) in [5.41, 5.74) is 0. The zero-order valence-corrected chi connectivity index (χ0v) is 14.4. The molecule has 0 saturated carbocycles. The summed E-state index contributed by atoms with van der Waals surface area (Å²) in [5.74, 6) is 1.75. The van der Waals surface area contributed by atoms with Crippen LogP contribution in [0.15, 0.2) is 4.99 Å². The molecule has 2 fully saturated rings. The number of fused-ring (bicyclic) bond motifs is 2. The number of guanidine groups is 1. The fraction of sp³-hybridized carbons (Fsp3) is 0.941. The van der Waals surface area contributed by atoms with Crippen LogP contribution in [0.2, 0.25) is 0 Å². The number of hydrogen-bond acceptors (Lipinski definition) is 2. The predicted octanol–water partition coefficient (Wildman–Crippen LogP) is 2.60. The minimum Gasteiger partial charge on any atom is -0.356 e. The second kappa shape index (κ2) is 8.02. The Kier molecular flexibility index (Phi) is 6.34. The van der Waals surface area contributed by atoms with Crippen LogP contribution in [-0.4, -0.2) is 49.6 Å². The summed E-state index contributed by atoms with van der Waals surface area (Å²) in [6.07, 6.45) is 9.14. The molecule has 0 aromatic heterocycles. The molecule has 0 amide bonds. The summed E-state index contributed by atoms with van der Waals surface area (Å²) in [5, 5.41) is 7.19. The topological polar surface area (TPSA) is 39.7 Å². The Morgan fingerprint density at radius 2 is 1.81 bits per heavy atom. The van der Waals surface area contributed by atoms with Crippen LogP contribution in [0.3, 0.4) is 0 Å². The second-order valence-corrected chi connectivity index (χ2v) is 6.85. The largest absolute Gasteiger partial charge is 0.356 e. The molecule has 2 unspecified atom stereocenters. The van der Waals surface area contributed by atoms with Crippen LogP contribution in [0.1, 0.15) is 58.8 Å². The van der Waals surface area contributed by atoms with E-state index in [-0.39, 0.29) is 0 Å². The maximum absolute atomic E-state index is 4.42. The molecule has 0 aromatic carbocycles. The van der Waals surface area contributed by atoms with Crippen LogP contribution in [0.25, 0.3) is 0 Å². The van der Waals surface area contributed by atoms with Crippen molar-refractivity contribution in [1.29, 1.82) is 0 Å². The van der Waals surface area contributed by atoms with Crippen LogP contribution >= 0.6 is 0 Å². The van der Waals surface area contributed by atoms with E-state index in [1.54, 1.807) is 0 Å². The Labute approximate surface area is 130 Å². The van der Waals surface area contributed by atoms with Crippen molar-refractivity contribution in [3.8, 4) is 0 Å². The van der Waals surface area contributed by atoms with E-state index in [0.717, 1.165) is 30.5 Å². The summed E-state index contributed by atoms with van der Waals surface area (Å²) in [7, 11) is 4.20. The fourth-order valence-electron chi connectivity index (χ4n) is 3.94. The van der Waals surface area contributed by atoms with Crippen molar-refractivity contribution < 1.29 is 0 Å².